The maximum Gasteiger partial charge on any atom is 0.240 e. The Kier molecular flexibility index (Phi) is 2.73. The van der Waals surface area contributed by atoms with Gasteiger partial charge in [0.2, 0.25) is 5.91 Å². The first-order chi connectivity index (χ1) is 7.61. The number of rotatable bonds is 2. The Hall–Kier alpha value is -1.71. The third-order valence-corrected chi connectivity index (χ3v) is 3.17. The molecule has 1 atom stereocenters. The normalized spacial score (nSPS) is 20.1. The summed E-state index contributed by atoms with van der Waals surface area (Å²) in [4.78, 5) is 13.3. The fourth-order valence-electron chi connectivity index (χ4n) is 2.27. The Balaban J connectivity index is 2.36. The van der Waals surface area contributed by atoms with Gasteiger partial charge < -0.3 is 15.7 Å². The average molecular weight is 220 g/mol. The Morgan fingerprint density at radius 2 is 2.31 bits per heavy atom. The number of primary amides is 1. The molecule has 1 saturated heterocycles. The van der Waals surface area contributed by atoms with E-state index in [0.29, 0.717) is 0 Å². The summed E-state index contributed by atoms with van der Waals surface area (Å²) in [7, 11) is 0. The van der Waals surface area contributed by atoms with Gasteiger partial charge in [-0.05, 0) is 31.9 Å². The number of amides is 1. The number of nitrogens with two attached hydrogens (primary N) is 1. The van der Waals surface area contributed by atoms with Gasteiger partial charge in [-0.3, -0.25) is 4.79 Å². The lowest BCUT2D eigenvalue weighted by atomic mass is 10.1. The largest absolute Gasteiger partial charge is 0.508 e. The number of benzene rings is 1. The molecular weight excluding hydrogens is 204 g/mol. The van der Waals surface area contributed by atoms with Crippen molar-refractivity contribution >= 4 is 11.6 Å². The third kappa shape index (κ3) is 1.71. The number of carbonyl (C=O) groups is 1. The van der Waals surface area contributed by atoms with Crippen LogP contribution in [0.4, 0.5) is 5.69 Å². The molecule has 1 heterocycles. The lowest BCUT2D eigenvalue weighted by Gasteiger charge is -2.26. The maximum absolute atomic E-state index is 11.3. The fraction of sp³-hybridized carbons (Fsp3) is 0.417. The second-order valence-electron chi connectivity index (χ2n) is 4.18. The van der Waals surface area contributed by atoms with Crippen LogP contribution in [0.3, 0.4) is 0 Å². The van der Waals surface area contributed by atoms with Gasteiger partial charge in [-0.2, -0.15) is 0 Å². The van der Waals surface area contributed by atoms with Gasteiger partial charge >= 0.3 is 0 Å². The molecule has 0 bridgehead atoms. The van der Waals surface area contributed by atoms with Crippen LogP contribution in [0.5, 0.6) is 5.75 Å². The lowest BCUT2D eigenvalue weighted by molar-refractivity contribution is -0.119. The van der Waals surface area contributed by atoms with Gasteiger partial charge in [0.1, 0.15) is 11.8 Å². The molecule has 0 aromatic heterocycles. The third-order valence-electron chi connectivity index (χ3n) is 3.17. The van der Waals surface area contributed by atoms with Crippen LogP contribution >= 0.6 is 0 Å². The highest BCUT2D eigenvalue weighted by Crippen LogP contribution is 2.32. The van der Waals surface area contributed by atoms with Crippen molar-refractivity contribution in [2.75, 3.05) is 11.4 Å². The van der Waals surface area contributed by atoms with E-state index in [4.69, 9.17) is 5.73 Å². The van der Waals surface area contributed by atoms with Gasteiger partial charge in [0, 0.05) is 17.8 Å². The smallest absolute Gasteiger partial charge is 0.240 e. The van der Waals surface area contributed by atoms with Crippen molar-refractivity contribution in [3.8, 4) is 5.75 Å². The van der Waals surface area contributed by atoms with Crippen LogP contribution in [0, 0.1) is 6.92 Å². The van der Waals surface area contributed by atoms with Crippen LogP contribution in [-0.2, 0) is 4.79 Å². The summed E-state index contributed by atoms with van der Waals surface area (Å²) in [6.07, 6.45) is 1.76. The van der Waals surface area contributed by atoms with Gasteiger partial charge in [-0.25, -0.2) is 0 Å². The molecular formula is C12H16N2O2. The summed E-state index contributed by atoms with van der Waals surface area (Å²) in [6, 6.07) is 5.11. The van der Waals surface area contributed by atoms with Crippen LogP contribution in [0.2, 0.25) is 0 Å². The molecule has 3 N–H and O–H groups in total. The molecule has 0 aliphatic carbocycles. The molecule has 1 aromatic rings. The first kappa shape index (κ1) is 10.8. The van der Waals surface area contributed by atoms with Gasteiger partial charge in [0.15, 0.2) is 0 Å². The second-order valence-corrected chi connectivity index (χ2v) is 4.18. The molecule has 1 aromatic carbocycles. The molecule has 1 unspecified atom stereocenters. The number of phenolic OH excluding ortho intramolecular Hbond substituents is 1. The Morgan fingerprint density at radius 1 is 1.56 bits per heavy atom. The van der Waals surface area contributed by atoms with Crippen LogP contribution in [0.15, 0.2) is 18.2 Å². The van der Waals surface area contributed by atoms with E-state index in [-0.39, 0.29) is 17.7 Å². The van der Waals surface area contributed by atoms with E-state index in [1.54, 1.807) is 12.1 Å². The first-order valence-electron chi connectivity index (χ1n) is 5.46. The number of aromatic hydroxyl groups is 1. The summed E-state index contributed by atoms with van der Waals surface area (Å²) < 4.78 is 0. The minimum Gasteiger partial charge on any atom is -0.508 e. The van der Waals surface area contributed by atoms with Gasteiger partial charge in [-0.15, -0.1) is 0 Å². The molecule has 86 valence electrons. The topological polar surface area (TPSA) is 66.6 Å². The highest BCUT2D eigenvalue weighted by atomic mass is 16.3. The molecule has 1 aliphatic heterocycles. The highest BCUT2D eigenvalue weighted by molar-refractivity contribution is 5.84. The van der Waals surface area contributed by atoms with Crippen LogP contribution in [-0.4, -0.2) is 23.6 Å². The molecule has 4 heteroatoms. The molecule has 2 rings (SSSR count). The summed E-state index contributed by atoms with van der Waals surface area (Å²) in [5, 5.41) is 9.64. The first-order valence-corrected chi connectivity index (χ1v) is 5.46. The van der Waals surface area contributed by atoms with Gasteiger partial charge in [-0.1, -0.05) is 6.07 Å². The zero-order valence-corrected chi connectivity index (χ0v) is 9.31. The summed E-state index contributed by atoms with van der Waals surface area (Å²) >= 11 is 0. The molecule has 1 fully saturated rings. The highest BCUT2D eigenvalue weighted by Gasteiger charge is 2.30. The van der Waals surface area contributed by atoms with Crippen LogP contribution in [0.1, 0.15) is 18.4 Å². The predicted octanol–water partition coefficient (Wildman–Crippen LogP) is 1.15. The maximum atomic E-state index is 11.3. The van der Waals surface area contributed by atoms with E-state index in [9.17, 15) is 9.90 Å². The van der Waals surface area contributed by atoms with Gasteiger partial charge in [0.25, 0.3) is 0 Å². The van der Waals surface area contributed by atoms with Crippen molar-refractivity contribution in [2.24, 2.45) is 5.73 Å². The number of hydrogen-bond donors (Lipinski definition) is 2. The van der Waals surface area contributed by atoms with Crippen molar-refractivity contribution in [2.45, 2.75) is 25.8 Å². The van der Waals surface area contributed by atoms with E-state index in [1.165, 1.54) is 0 Å². The van der Waals surface area contributed by atoms with Gasteiger partial charge in [0.05, 0.1) is 0 Å². The Bertz CT molecular complexity index is 417. The van der Waals surface area contributed by atoms with E-state index in [0.717, 1.165) is 30.6 Å². The van der Waals surface area contributed by atoms with Crippen LogP contribution in [0.25, 0.3) is 0 Å². The summed E-state index contributed by atoms with van der Waals surface area (Å²) in [6.45, 7) is 2.67. The monoisotopic (exact) mass is 220 g/mol. The van der Waals surface area contributed by atoms with Crippen molar-refractivity contribution < 1.29 is 9.90 Å². The number of nitrogens with zero attached hydrogens (tertiary/aromatic N) is 1. The van der Waals surface area contributed by atoms with Crippen molar-refractivity contribution in [1.82, 2.24) is 0 Å². The molecule has 1 aliphatic rings. The molecule has 16 heavy (non-hydrogen) atoms. The summed E-state index contributed by atoms with van der Waals surface area (Å²) in [5.41, 5.74) is 7.08. The number of anilines is 1. The molecule has 4 nitrogen and oxygen atoms in total. The van der Waals surface area contributed by atoms with E-state index in [2.05, 4.69) is 0 Å². The Labute approximate surface area is 94.7 Å². The zero-order valence-electron chi connectivity index (χ0n) is 9.31. The number of carbonyl (C=O) groups excluding carboxylic acids is 1. The predicted molar refractivity (Wildman–Crippen MR) is 62.4 cm³/mol. The molecule has 0 radical (unpaired) electrons. The van der Waals surface area contributed by atoms with Crippen LogP contribution < -0.4 is 10.6 Å². The van der Waals surface area contributed by atoms with Crippen molar-refractivity contribution in [3.05, 3.63) is 23.8 Å². The lowest BCUT2D eigenvalue weighted by Crippen LogP contribution is -2.40. The fourth-order valence-corrected chi connectivity index (χ4v) is 2.27. The minimum atomic E-state index is -0.291. The minimum absolute atomic E-state index is 0.236. The standard InChI is InChI=1S/C12H16N2O2/c1-8-9(4-2-6-11(8)15)14-7-3-5-10(14)12(13)16/h2,4,6,10,15H,3,5,7H2,1H3,(H2,13,16). The van der Waals surface area contributed by atoms with Crippen molar-refractivity contribution in [1.29, 1.82) is 0 Å². The number of hydrogen-bond acceptors (Lipinski definition) is 3. The SMILES string of the molecule is Cc1c(O)cccc1N1CCCC1C(N)=O. The molecule has 0 saturated carbocycles. The molecule has 0 spiro atoms. The van der Waals surface area contributed by atoms with Crippen molar-refractivity contribution in [3.63, 3.8) is 0 Å². The number of phenols is 1. The van der Waals surface area contributed by atoms with E-state index in [1.807, 2.05) is 17.9 Å². The summed E-state index contributed by atoms with van der Waals surface area (Å²) in [5.74, 6) is -0.0344. The molecule has 1 amide bonds. The average Bonchev–Trinajstić information content (AvgIpc) is 2.70. The Morgan fingerprint density at radius 3 is 3.00 bits per heavy atom. The second kappa shape index (κ2) is 4.04. The zero-order chi connectivity index (χ0) is 11.7. The van der Waals surface area contributed by atoms with E-state index < -0.39 is 0 Å². The quantitative estimate of drug-likeness (QED) is 0.785. The van der Waals surface area contributed by atoms with E-state index >= 15 is 0 Å².